The van der Waals surface area contributed by atoms with Crippen LogP contribution in [0.25, 0.3) is 0 Å². The van der Waals surface area contributed by atoms with Crippen molar-refractivity contribution >= 4 is 11.9 Å². The number of carbonyl (C=O) groups is 2. The molecule has 0 fully saturated rings. The molecule has 0 aromatic rings. The number of unbranched alkanes of at least 4 members (excludes halogenated alkanes) is 2. The van der Waals surface area contributed by atoms with Gasteiger partial charge in [0.25, 0.3) is 0 Å². The Morgan fingerprint density at radius 1 is 0.950 bits per heavy atom. The first-order valence-electron chi connectivity index (χ1n) is 6.94. The van der Waals surface area contributed by atoms with Gasteiger partial charge in [-0.15, -0.1) is 0 Å². The Morgan fingerprint density at radius 3 is 1.55 bits per heavy atom. The number of carbonyl (C=O) groups excluding carboxylic acids is 2. The fourth-order valence-corrected chi connectivity index (χ4v) is 7.91. The standard InChI is InChI=1S/2C4H9.2C3H4O2.O.Ti/c2*1-3-4-2;2*1-2-3(4)5;;/h2*1,3-4H2,2H3;2*2H,1H2,(H,4,5);;/q;;;;;+2/p-2. The number of rotatable bonds is 10. The zero-order valence-corrected chi connectivity index (χ0v) is 13.9. The van der Waals surface area contributed by atoms with Crippen molar-refractivity contribution in [2.24, 2.45) is 0 Å². The van der Waals surface area contributed by atoms with Gasteiger partial charge in [-0.1, -0.05) is 0 Å². The molecule has 0 aliphatic rings. The molecule has 0 aliphatic heterocycles. The van der Waals surface area contributed by atoms with Gasteiger partial charge in [0.1, 0.15) is 0 Å². The van der Waals surface area contributed by atoms with E-state index in [1.54, 1.807) is 0 Å². The Labute approximate surface area is 122 Å². The van der Waals surface area contributed by atoms with Crippen molar-refractivity contribution in [1.82, 2.24) is 0 Å². The van der Waals surface area contributed by atoms with E-state index in [0.29, 0.717) is 12.8 Å². The van der Waals surface area contributed by atoms with Crippen LogP contribution in [-0.4, -0.2) is 11.9 Å². The number of hydrogen-bond donors (Lipinski definition) is 0. The molecule has 0 spiro atoms. The monoisotopic (exact) mass is 320 g/mol. The Hall–Kier alpha value is -1.07. The van der Waals surface area contributed by atoms with E-state index in [-0.39, 0.29) is 9.45 Å². The van der Waals surface area contributed by atoms with Crippen LogP contribution in [0.3, 0.4) is 0 Å². The van der Waals surface area contributed by atoms with E-state index in [1.165, 1.54) is 0 Å². The van der Waals surface area contributed by atoms with Gasteiger partial charge in [-0.2, -0.15) is 0 Å². The third-order valence-electron chi connectivity index (χ3n) is 3.02. The van der Waals surface area contributed by atoms with E-state index >= 15 is 0 Å². The zero-order valence-electron chi connectivity index (χ0n) is 12.4. The molecular formula is C14H24O5Ti. The van der Waals surface area contributed by atoms with Gasteiger partial charge in [0.15, 0.2) is 0 Å². The van der Waals surface area contributed by atoms with Crippen LogP contribution in [0.15, 0.2) is 25.3 Å². The topological polar surface area (TPSA) is 69.7 Å². The Morgan fingerprint density at radius 2 is 1.30 bits per heavy atom. The second kappa shape index (κ2) is 8.27. The molecule has 0 heterocycles. The van der Waals surface area contributed by atoms with Gasteiger partial charge < -0.3 is 0 Å². The van der Waals surface area contributed by atoms with Crippen LogP contribution < -0.4 is 0 Å². The molecule has 0 saturated heterocycles. The van der Waals surface area contributed by atoms with Crippen molar-refractivity contribution in [2.45, 2.75) is 49.0 Å². The Kier molecular flexibility index (Phi) is 7.83. The molecule has 0 unspecified atom stereocenters. The van der Waals surface area contributed by atoms with Gasteiger partial charge in [0.2, 0.25) is 0 Å². The summed E-state index contributed by atoms with van der Waals surface area (Å²) in [5.41, 5.74) is 0. The van der Waals surface area contributed by atoms with E-state index in [2.05, 4.69) is 13.2 Å². The summed E-state index contributed by atoms with van der Waals surface area (Å²) >= 11 is -5.37. The molecule has 114 valence electrons. The van der Waals surface area contributed by atoms with Gasteiger partial charge in [-0.05, 0) is 0 Å². The van der Waals surface area contributed by atoms with Crippen molar-refractivity contribution in [3.63, 3.8) is 0 Å². The third-order valence-corrected chi connectivity index (χ3v) is 9.19. The third kappa shape index (κ3) is 5.93. The van der Waals surface area contributed by atoms with Crippen molar-refractivity contribution in [3.8, 4) is 0 Å². The van der Waals surface area contributed by atoms with E-state index in [4.69, 9.17) is 6.64 Å². The van der Waals surface area contributed by atoms with Crippen LogP contribution in [0.4, 0.5) is 0 Å². The molecule has 0 bridgehead atoms. The summed E-state index contributed by atoms with van der Waals surface area (Å²) in [5.74, 6) is -1.64. The Balaban J connectivity index is 5.53. The predicted molar refractivity (Wildman–Crippen MR) is 72.7 cm³/mol. The van der Waals surface area contributed by atoms with Crippen LogP contribution in [0.2, 0.25) is 9.45 Å². The first-order chi connectivity index (χ1) is 9.33. The summed E-state index contributed by atoms with van der Waals surface area (Å²) < 4.78 is 23.8. The van der Waals surface area contributed by atoms with Crippen LogP contribution in [0.5, 0.6) is 0 Å². The average Bonchev–Trinajstić information content (AvgIpc) is 2.43. The zero-order chi connectivity index (χ0) is 15.7. The van der Waals surface area contributed by atoms with Crippen LogP contribution >= 0.6 is 0 Å². The molecule has 0 atom stereocenters. The molecule has 6 heteroatoms. The normalized spacial score (nSPS) is 11.6. The molecule has 0 N–H and O–H groups in total. The maximum absolute atomic E-state index is 13.3. The minimum atomic E-state index is -5.37. The minimum absolute atomic E-state index is 0.0901. The van der Waals surface area contributed by atoms with E-state index in [1.807, 2.05) is 13.8 Å². The second-order valence-corrected chi connectivity index (χ2v) is 11.3. The number of hydrogen-bond acceptors (Lipinski definition) is 5. The van der Waals surface area contributed by atoms with Crippen LogP contribution in [0.1, 0.15) is 39.5 Å². The summed E-state index contributed by atoms with van der Waals surface area (Å²) in [6.45, 7) is 10.4. The van der Waals surface area contributed by atoms with E-state index < -0.39 is 28.0 Å². The first-order valence-corrected chi connectivity index (χ1v) is 11.1. The molecule has 0 rings (SSSR count). The van der Waals surface area contributed by atoms with Gasteiger partial charge in [-0.25, -0.2) is 0 Å². The van der Waals surface area contributed by atoms with Gasteiger partial charge in [-0.3, -0.25) is 0 Å². The maximum atomic E-state index is 13.3. The molecule has 0 aromatic heterocycles. The SMILES string of the molecule is C=CC(=O)[O][Ti](=[O])([CH2]CCC)([CH2]CCC)[O]C(=O)C=C. The van der Waals surface area contributed by atoms with Crippen molar-refractivity contribution in [2.75, 3.05) is 0 Å². The molecule has 5 nitrogen and oxygen atoms in total. The molecule has 0 amide bonds. The molecular weight excluding hydrogens is 296 g/mol. The summed E-state index contributed by atoms with van der Waals surface area (Å²) in [7, 11) is 0. The van der Waals surface area contributed by atoms with Gasteiger partial charge >= 0.3 is 122 Å². The summed E-state index contributed by atoms with van der Waals surface area (Å²) in [5, 5.41) is 0. The average molecular weight is 320 g/mol. The first kappa shape index (κ1) is 18.9. The summed E-state index contributed by atoms with van der Waals surface area (Å²) in [6, 6.07) is 0. The van der Waals surface area contributed by atoms with Gasteiger partial charge in [0.05, 0.1) is 0 Å². The van der Waals surface area contributed by atoms with E-state index in [0.717, 1.165) is 25.0 Å². The molecule has 0 radical (unpaired) electrons. The quantitative estimate of drug-likeness (QED) is 0.453. The summed E-state index contributed by atoms with van der Waals surface area (Å²) in [6.07, 6.45) is 4.48. The fourth-order valence-electron chi connectivity index (χ4n) is 1.92. The molecule has 0 saturated carbocycles. The molecule has 0 aliphatic carbocycles. The summed E-state index contributed by atoms with van der Waals surface area (Å²) in [4.78, 5) is 23.0. The molecule has 0 aromatic carbocycles. The van der Waals surface area contributed by atoms with Crippen LogP contribution in [0, 0.1) is 0 Å². The Bertz CT molecular complexity index is 399. The van der Waals surface area contributed by atoms with Crippen molar-refractivity contribution in [3.05, 3.63) is 25.3 Å². The molecule has 20 heavy (non-hydrogen) atoms. The van der Waals surface area contributed by atoms with Crippen LogP contribution in [-0.2, 0) is 35.6 Å². The van der Waals surface area contributed by atoms with E-state index in [9.17, 15) is 12.9 Å². The van der Waals surface area contributed by atoms with Crippen molar-refractivity contribution < 1.29 is 35.6 Å². The fraction of sp³-hybridized carbons (Fsp3) is 0.571. The predicted octanol–water partition coefficient (Wildman–Crippen LogP) is 3.75. The second-order valence-electron chi connectivity index (χ2n) is 4.82. The van der Waals surface area contributed by atoms with Gasteiger partial charge in [0, 0.05) is 0 Å². The van der Waals surface area contributed by atoms with Crippen molar-refractivity contribution in [1.29, 1.82) is 0 Å².